The van der Waals surface area contributed by atoms with Crippen LogP contribution < -0.4 is 21.3 Å². The smallest absolute Gasteiger partial charge is 0.252 e. The highest BCUT2D eigenvalue weighted by atomic mass is 15.2. The summed E-state index contributed by atoms with van der Waals surface area (Å²) in [6.45, 7) is -0.0809. The van der Waals surface area contributed by atoms with Crippen LogP contribution in [-0.2, 0) is 0 Å². The average Bonchev–Trinajstić information content (AvgIpc) is 3.00. The van der Waals surface area contributed by atoms with Crippen LogP contribution in [-0.4, -0.2) is 15.8 Å². The fraction of sp³-hybridized carbons (Fsp3) is 0. The van der Waals surface area contributed by atoms with Gasteiger partial charge in [0.15, 0.2) is 0 Å². The van der Waals surface area contributed by atoms with Crippen molar-refractivity contribution in [2.45, 2.75) is 0 Å². The van der Waals surface area contributed by atoms with Gasteiger partial charge in [-0.1, -0.05) is 218 Å². The summed E-state index contributed by atoms with van der Waals surface area (Å²) in [5.41, 5.74) is 29.3. The molecule has 0 amide bonds. The Morgan fingerprint density at radius 1 is 0.263 bits per heavy atom. The third kappa shape index (κ3) is 6.10. The molecule has 4 heteroatoms. The van der Waals surface area contributed by atoms with E-state index < -0.39 is 0 Å². The number of hydrogen-bond donors (Lipinski definition) is 0. The fourth-order valence-electron chi connectivity index (χ4n) is 14.4. The lowest BCUT2D eigenvalue weighted by atomic mass is 9.33. The van der Waals surface area contributed by atoms with Gasteiger partial charge >= 0.3 is 0 Å². The van der Waals surface area contributed by atoms with Crippen LogP contribution in [0.25, 0.3) is 133 Å². The molecule has 18 rings (SSSR count). The lowest BCUT2D eigenvalue weighted by Crippen LogP contribution is -2.60. The molecular formula is C76H46BN3. The largest absolute Gasteiger partial charge is 0.311 e. The predicted octanol–water partition coefficient (Wildman–Crippen LogP) is 18.0. The van der Waals surface area contributed by atoms with Crippen LogP contribution in [0.5, 0.6) is 0 Å². The first kappa shape index (κ1) is 43.7. The van der Waals surface area contributed by atoms with Gasteiger partial charge in [0.2, 0.25) is 0 Å². The van der Waals surface area contributed by atoms with Crippen molar-refractivity contribution in [3.05, 3.63) is 279 Å². The summed E-state index contributed by atoms with van der Waals surface area (Å²) in [5.74, 6) is 0. The Labute approximate surface area is 463 Å². The van der Waals surface area contributed by atoms with Gasteiger partial charge < -0.3 is 14.0 Å². The lowest BCUT2D eigenvalue weighted by Gasteiger charge is -2.41. The van der Waals surface area contributed by atoms with Crippen molar-refractivity contribution in [1.29, 1.82) is 0 Å². The Morgan fingerprint density at radius 3 is 1.39 bits per heavy atom. The van der Waals surface area contributed by atoms with E-state index in [-0.39, 0.29) is 6.71 Å². The molecule has 0 bridgehead atoms. The minimum atomic E-state index is -0.0809. The minimum absolute atomic E-state index is 0.0809. The number of anilines is 3. The SMILES string of the molecule is c1ccc(-c2ccc(N3c4ccc(-c5ccccc5)cc4B4c5c3cc(-n3c6ccc(-c7ccccc7)cc6c6cc(-c7ccccc7)ccc63)cc5-n3c5ccc6cccc7c6c5c5c(ccc4c53)-c3ccccc3-7)cc2)cc1. The second kappa shape index (κ2) is 16.5. The summed E-state index contributed by atoms with van der Waals surface area (Å²) < 4.78 is 5.22. The van der Waals surface area contributed by atoms with E-state index in [0.717, 1.165) is 11.4 Å². The van der Waals surface area contributed by atoms with Crippen LogP contribution in [0.1, 0.15) is 0 Å². The Morgan fingerprint density at radius 2 is 0.762 bits per heavy atom. The quantitative estimate of drug-likeness (QED) is 0.151. The molecule has 4 heterocycles. The number of rotatable bonds is 6. The Hall–Kier alpha value is -10.4. The number of aromatic nitrogens is 2. The Bertz CT molecular complexity index is 5000. The third-order valence-electron chi connectivity index (χ3n) is 17.8. The molecule has 368 valence electrons. The monoisotopic (exact) mass is 1010 g/mol. The molecule has 80 heavy (non-hydrogen) atoms. The molecule has 3 nitrogen and oxygen atoms in total. The van der Waals surface area contributed by atoms with Crippen LogP contribution in [0.2, 0.25) is 0 Å². The normalized spacial score (nSPS) is 12.7. The molecule has 0 saturated heterocycles. The number of fused-ring (bicyclic) bond motifs is 11. The topological polar surface area (TPSA) is 13.1 Å². The van der Waals surface area contributed by atoms with Crippen molar-refractivity contribution >= 4 is 94.5 Å². The summed E-state index contributed by atoms with van der Waals surface area (Å²) in [5, 5.41) is 7.68. The zero-order valence-electron chi connectivity index (χ0n) is 43.5. The summed E-state index contributed by atoms with van der Waals surface area (Å²) in [6.07, 6.45) is 0. The van der Waals surface area contributed by atoms with Crippen LogP contribution in [0.3, 0.4) is 0 Å². The number of hydrogen-bond acceptors (Lipinski definition) is 1. The number of nitrogens with zero attached hydrogens (tertiary/aromatic N) is 3. The first-order valence-corrected chi connectivity index (χ1v) is 27.9. The van der Waals surface area contributed by atoms with E-state index in [4.69, 9.17) is 0 Å². The Balaban J connectivity index is 0.991. The van der Waals surface area contributed by atoms with Crippen molar-refractivity contribution in [3.8, 4) is 78.1 Å². The van der Waals surface area contributed by atoms with Crippen molar-refractivity contribution in [2.75, 3.05) is 4.90 Å². The predicted molar refractivity (Wildman–Crippen MR) is 338 cm³/mol. The maximum atomic E-state index is 2.67. The molecule has 13 aromatic carbocycles. The standard InChI is InChI=1S/C76H46BN3/c1-5-16-47(17-6-1)51-28-34-56(35-29-51)78-68-40-33-55(50-22-11-4-12-23-50)44-65(68)77-64-37-36-61-59-26-14-13-25-58(59)60-27-15-24-52-30-41-69-74(72(52)60)73(61)76(64)80(69)71-46-57(45-70(78)75(71)77)79-66-38-31-53(48-18-7-2-8-19-48)42-62(66)63-43-54(32-39-67(63)79)49-20-9-3-10-21-49/h1-46H. The molecule has 0 spiro atoms. The van der Waals surface area contributed by atoms with E-state index in [1.807, 2.05) is 0 Å². The van der Waals surface area contributed by atoms with Gasteiger partial charge in [-0.3, -0.25) is 0 Å². The van der Waals surface area contributed by atoms with E-state index >= 15 is 0 Å². The Kier molecular flexibility index (Phi) is 9.03. The molecule has 3 aliphatic rings. The molecule has 2 aromatic heterocycles. The van der Waals surface area contributed by atoms with Crippen LogP contribution in [0.4, 0.5) is 17.1 Å². The fourth-order valence-corrected chi connectivity index (χ4v) is 14.4. The molecule has 2 aliphatic heterocycles. The highest BCUT2D eigenvalue weighted by Gasteiger charge is 2.44. The first-order chi connectivity index (χ1) is 39.7. The zero-order chi connectivity index (χ0) is 52.2. The van der Waals surface area contributed by atoms with E-state index in [9.17, 15) is 0 Å². The van der Waals surface area contributed by atoms with E-state index in [2.05, 4.69) is 293 Å². The molecule has 1 aliphatic carbocycles. The second-order valence-corrected chi connectivity index (χ2v) is 21.9. The molecule has 0 atom stereocenters. The summed E-state index contributed by atoms with van der Waals surface area (Å²) in [6, 6.07) is 105. The van der Waals surface area contributed by atoms with Crippen molar-refractivity contribution < 1.29 is 0 Å². The van der Waals surface area contributed by atoms with Gasteiger partial charge in [0.25, 0.3) is 6.71 Å². The maximum Gasteiger partial charge on any atom is 0.252 e. The van der Waals surface area contributed by atoms with Crippen molar-refractivity contribution in [2.24, 2.45) is 0 Å². The van der Waals surface area contributed by atoms with Crippen molar-refractivity contribution in [3.63, 3.8) is 0 Å². The highest BCUT2D eigenvalue weighted by Crippen LogP contribution is 2.52. The van der Waals surface area contributed by atoms with Gasteiger partial charge in [-0.25, -0.2) is 0 Å². The van der Waals surface area contributed by atoms with Gasteiger partial charge in [0.1, 0.15) is 0 Å². The second-order valence-electron chi connectivity index (χ2n) is 21.9. The van der Waals surface area contributed by atoms with Gasteiger partial charge in [-0.15, -0.1) is 0 Å². The molecule has 0 unspecified atom stereocenters. The van der Waals surface area contributed by atoms with E-state index in [0.29, 0.717) is 0 Å². The van der Waals surface area contributed by atoms with E-state index in [1.165, 1.54) is 155 Å². The lowest BCUT2D eigenvalue weighted by molar-refractivity contribution is 1.13. The molecule has 0 N–H and O–H groups in total. The first-order valence-electron chi connectivity index (χ1n) is 27.9. The minimum Gasteiger partial charge on any atom is -0.311 e. The number of benzene rings is 13. The van der Waals surface area contributed by atoms with Gasteiger partial charge in [-0.05, 0) is 155 Å². The summed E-state index contributed by atoms with van der Waals surface area (Å²) in [7, 11) is 0. The third-order valence-corrected chi connectivity index (χ3v) is 17.8. The molecule has 0 fully saturated rings. The molecule has 15 aromatic rings. The molecule has 0 saturated carbocycles. The average molecular weight is 1010 g/mol. The van der Waals surface area contributed by atoms with Crippen LogP contribution in [0.15, 0.2) is 279 Å². The van der Waals surface area contributed by atoms with Crippen molar-refractivity contribution in [1.82, 2.24) is 9.13 Å². The molecule has 0 radical (unpaired) electrons. The van der Waals surface area contributed by atoms with E-state index in [1.54, 1.807) is 0 Å². The summed E-state index contributed by atoms with van der Waals surface area (Å²) >= 11 is 0. The van der Waals surface area contributed by atoms with Gasteiger partial charge in [0.05, 0.1) is 27.8 Å². The zero-order valence-corrected chi connectivity index (χ0v) is 43.5. The van der Waals surface area contributed by atoms with Crippen LogP contribution in [0, 0.1) is 0 Å². The molecular weight excluding hydrogens is 966 g/mol. The maximum absolute atomic E-state index is 2.67. The van der Waals surface area contributed by atoms with Gasteiger partial charge in [0, 0.05) is 44.3 Å². The highest BCUT2D eigenvalue weighted by molar-refractivity contribution is 7.00. The van der Waals surface area contributed by atoms with Crippen LogP contribution >= 0.6 is 0 Å². The van der Waals surface area contributed by atoms with Gasteiger partial charge in [-0.2, -0.15) is 0 Å². The summed E-state index contributed by atoms with van der Waals surface area (Å²) in [4.78, 5) is 2.57.